The lowest BCUT2D eigenvalue weighted by Crippen LogP contribution is -1.86. The summed E-state index contributed by atoms with van der Waals surface area (Å²) in [5, 5.41) is 0. The van der Waals surface area contributed by atoms with Gasteiger partial charge < -0.3 is 4.74 Å². The van der Waals surface area contributed by atoms with Crippen molar-refractivity contribution >= 4 is 11.9 Å². The zero-order valence-corrected chi connectivity index (χ0v) is 7.65. The van der Waals surface area contributed by atoms with Crippen LogP contribution in [0.3, 0.4) is 0 Å². The summed E-state index contributed by atoms with van der Waals surface area (Å²) in [6.45, 7) is 1.50. The molecular weight excluding hydrogens is 166 g/mol. The highest BCUT2D eigenvalue weighted by atomic mass is 16.5. The van der Waals surface area contributed by atoms with Crippen LogP contribution in [-0.4, -0.2) is 17.9 Å². The van der Waals surface area contributed by atoms with Crippen LogP contribution in [0, 0.1) is 0 Å². The van der Waals surface area contributed by atoms with Crippen molar-refractivity contribution in [3.8, 4) is 5.75 Å². The molecular formula is C10H11NO2. The molecule has 0 N–H and O–H groups in total. The van der Waals surface area contributed by atoms with Crippen molar-refractivity contribution in [2.45, 2.75) is 6.92 Å². The Morgan fingerprint density at radius 1 is 1.54 bits per heavy atom. The van der Waals surface area contributed by atoms with E-state index in [2.05, 4.69) is 4.98 Å². The van der Waals surface area contributed by atoms with Gasteiger partial charge in [0.1, 0.15) is 5.75 Å². The number of pyridine rings is 1. The molecule has 0 spiro atoms. The Morgan fingerprint density at radius 2 is 2.31 bits per heavy atom. The van der Waals surface area contributed by atoms with Crippen LogP contribution >= 0.6 is 0 Å². The number of hydrogen-bond donors (Lipinski definition) is 0. The first kappa shape index (κ1) is 9.45. The molecule has 0 saturated heterocycles. The molecule has 1 rings (SSSR count). The lowest BCUT2D eigenvalue weighted by atomic mass is 10.3. The van der Waals surface area contributed by atoms with Crippen LogP contribution in [0.4, 0.5) is 0 Å². The van der Waals surface area contributed by atoms with Crippen LogP contribution in [0.15, 0.2) is 24.4 Å². The minimum Gasteiger partial charge on any atom is -0.495 e. The highest BCUT2D eigenvalue weighted by molar-refractivity contribution is 5.91. The van der Waals surface area contributed by atoms with Crippen LogP contribution in [0.1, 0.15) is 12.6 Å². The van der Waals surface area contributed by atoms with E-state index in [9.17, 15) is 4.79 Å². The Labute approximate surface area is 77.1 Å². The largest absolute Gasteiger partial charge is 0.495 e. The van der Waals surface area contributed by atoms with Crippen molar-refractivity contribution < 1.29 is 9.53 Å². The van der Waals surface area contributed by atoms with Gasteiger partial charge in [-0.1, -0.05) is 0 Å². The number of methoxy groups -OCH3 is 1. The van der Waals surface area contributed by atoms with Gasteiger partial charge in [0.15, 0.2) is 5.78 Å². The number of hydrogen-bond acceptors (Lipinski definition) is 3. The number of carbonyl (C=O) groups is 1. The summed E-state index contributed by atoms with van der Waals surface area (Å²) in [6, 6.07) is 3.59. The van der Waals surface area contributed by atoms with E-state index in [-0.39, 0.29) is 5.78 Å². The number of nitrogens with zero attached hydrogens (tertiary/aromatic N) is 1. The highest BCUT2D eigenvalue weighted by Gasteiger charge is 1.91. The van der Waals surface area contributed by atoms with Gasteiger partial charge in [-0.2, -0.15) is 0 Å². The van der Waals surface area contributed by atoms with Gasteiger partial charge in [-0.25, -0.2) is 0 Å². The van der Waals surface area contributed by atoms with Crippen molar-refractivity contribution in [3.05, 3.63) is 30.1 Å². The summed E-state index contributed by atoms with van der Waals surface area (Å²) < 4.78 is 4.94. The molecule has 3 heteroatoms. The first-order chi connectivity index (χ1) is 6.22. The number of ketones is 1. The van der Waals surface area contributed by atoms with Crippen molar-refractivity contribution in [1.82, 2.24) is 4.98 Å². The van der Waals surface area contributed by atoms with E-state index < -0.39 is 0 Å². The minimum atomic E-state index is 0.0117. The van der Waals surface area contributed by atoms with E-state index in [0.717, 1.165) is 5.69 Å². The molecule has 0 radical (unpaired) electrons. The Balaban J connectivity index is 2.75. The predicted octanol–water partition coefficient (Wildman–Crippen LogP) is 1.69. The number of ether oxygens (including phenoxy) is 1. The van der Waals surface area contributed by atoms with E-state index in [1.807, 2.05) is 0 Å². The standard InChI is InChI=1S/C10H11NO2/c1-8(12)3-4-9-5-6-10(13-2)7-11-9/h3-7H,1-2H3. The molecule has 0 saturated carbocycles. The Kier molecular flexibility index (Phi) is 3.20. The molecule has 0 unspecified atom stereocenters. The van der Waals surface area contributed by atoms with Gasteiger partial charge in [-0.15, -0.1) is 0 Å². The molecule has 1 aromatic rings. The molecule has 13 heavy (non-hydrogen) atoms. The smallest absolute Gasteiger partial charge is 0.152 e. The molecule has 0 amide bonds. The van der Waals surface area contributed by atoms with E-state index in [4.69, 9.17) is 4.74 Å². The summed E-state index contributed by atoms with van der Waals surface area (Å²) in [6.07, 6.45) is 4.76. The van der Waals surface area contributed by atoms with Crippen LogP contribution in [0.2, 0.25) is 0 Å². The van der Waals surface area contributed by atoms with E-state index in [1.54, 1.807) is 31.5 Å². The van der Waals surface area contributed by atoms with Gasteiger partial charge in [0.05, 0.1) is 19.0 Å². The topological polar surface area (TPSA) is 39.2 Å². The lowest BCUT2D eigenvalue weighted by molar-refractivity contribution is -0.112. The van der Waals surface area contributed by atoms with Gasteiger partial charge >= 0.3 is 0 Å². The monoisotopic (exact) mass is 177 g/mol. The third-order valence-corrected chi connectivity index (χ3v) is 1.48. The SMILES string of the molecule is COc1ccc(C=CC(C)=O)nc1. The van der Waals surface area contributed by atoms with E-state index in [1.165, 1.54) is 13.0 Å². The number of allylic oxidation sites excluding steroid dienone is 1. The Morgan fingerprint density at radius 3 is 2.77 bits per heavy atom. The van der Waals surface area contributed by atoms with Gasteiger partial charge in [0, 0.05) is 0 Å². The minimum absolute atomic E-state index is 0.0117. The Hall–Kier alpha value is -1.64. The van der Waals surface area contributed by atoms with Crippen LogP contribution in [-0.2, 0) is 4.79 Å². The lowest BCUT2D eigenvalue weighted by Gasteiger charge is -1.97. The normalized spacial score (nSPS) is 10.3. The Bertz CT molecular complexity index is 314. The van der Waals surface area contributed by atoms with Crippen LogP contribution in [0.25, 0.3) is 6.08 Å². The molecule has 0 aliphatic heterocycles. The summed E-state index contributed by atoms with van der Waals surface area (Å²) in [7, 11) is 1.59. The summed E-state index contributed by atoms with van der Waals surface area (Å²) in [5.41, 5.74) is 0.746. The molecule has 0 bridgehead atoms. The molecule has 68 valence electrons. The average molecular weight is 177 g/mol. The fraction of sp³-hybridized carbons (Fsp3) is 0.200. The molecule has 3 nitrogen and oxygen atoms in total. The maximum atomic E-state index is 10.6. The van der Waals surface area contributed by atoms with Gasteiger partial charge in [-0.05, 0) is 31.2 Å². The molecule has 1 aromatic heterocycles. The van der Waals surface area contributed by atoms with Crippen LogP contribution in [0.5, 0.6) is 5.75 Å². The summed E-state index contributed by atoms with van der Waals surface area (Å²) in [4.78, 5) is 14.7. The zero-order chi connectivity index (χ0) is 9.68. The number of rotatable bonds is 3. The fourth-order valence-electron chi connectivity index (χ4n) is 0.814. The van der Waals surface area contributed by atoms with Crippen LogP contribution < -0.4 is 4.74 Å². The van der Waals surface area contributed by atoms with Gasteiger partial charge in [0.25, 0.3) is 0 Å². The van der Waals surface area contributed by atoms with Gasteiger partial charge in [0.2, 0.25) is 0 Å². The van der Waals surface area contributed by atoms with E-state index >= 15 is 0 Å². The summed E-state index contributed by atoms with van der Waals surface area (Å²) >= 11 is 0. The maximum Gasteiger partial charge on any atom is 0.152 e. The summed E-state index contributed by atoms with van der Waals surface area (Å²) in [5.74, 6) is 0.720. The second-order valence-electron chi connectivity index (χ2n) is 2.57. The zero-order valence-electron chi connectivity index (χ0n) is 7.65. The van der Waals surface area contributed by atoms with Gasteiger partial charge in [-0.3, -0.25) is 9.78 Å². The molecule has 0 aliphatic rings. The predicted molar refractivity (Wildman–Crippen MR) is 50.5 cm³/mol. The van der Waals surface area contributed by atoms with Crippen molar-refractivity contribution in [3.63, 3.8) is 0 Å². The second kappa shape index (κ2) is 4.40. The van der Waals surface area contributed by atoms with Crippen molar-refractivity contribution in [2.75, 3.05) is 7.11 Å². The van der Waals surface area contributed by atoms with Crippen molar-refractivity contribution in [2.24, 2.45) is 0 Å². The molecule has 1 heterocycles. The highest BCUT2D eigenvalue weighted by Crippen LogP contribution is 2.08. The number of carbonyl (C=O) groups excluding carboxylic acids is 1. The first-order valence-corrected chi connectivity index (χ1v) is 3.91. The quantitative estimate of drug-likeness (QED) is 0.659. The first-order valence-electron chi connectivity index (χ1n) is 3.91. The molecule has 0 fully saturated rings. The molecule has 0 aromatic carbocycles. The van der Waals surface area contributed by atoms with E-state index in [0.29, 0.717) is 5.75 Å². The number of aromatic nitrogens is 1. The molecule has 0 aliphatic carbocycles. The average Bonchev–Trinajstić information content (AvgIpc) is 2.15. The second-order valence-corrected chi connectivity index (χ2v) is 2.57. The molecule has 0 atom stereocenters. The van der Waals surface area contributed by atoms with Crippen molar-refractivity contribution in [1.29, 1.82) is 0 Å². The maximum absolute atomic E-state index is 10.6. The fourth-order valence-corrected chi connectivity index (χ4v) is 0.814. The third-order valence-electron chi connectivity index (χ3n) is 1.48. The third kappa shape index (κ3) is 3.07.